The third-order valence-electron chi connectivity index (χ3n) is 9.48. The Bertz CT molecular complexity index is 785. The van der Waals surface area contributed by atoms with Gasteiger partial charge < -0.3 is 4.74 Å². The first kappa shape index (κ1) is 19.4. The lowest BCUT2D eigenvalue weighted by Crippen LogP contribution is -2.57. The van der Waals surface area contributed by atoms with Crippen LogP contribution in [0.2, 0.25) is 0 Å². The number of thioether (sulfide) groups is 1. The molecule has 3 nitrogen and oxygen atoms in total. The summed E-state index contributed by atoms with van der Waals surface area (Å²) in [4.78, 5) is 24.9. The predicted octanol–water partition coefficient (Wildman–Crippen LogP) is 5.32. The predicted molar refractivity (Wildman–Crippen MR) is 112 cm³/mol. The van der Waals surface area contributed by atoms with Gasteiger partial charge in [-0.05, 0) is 94.0 Å². The fourth-order valence-corrected chi connectivity index (χ4v) is 10.2. The fraction of sp³-hybridized carbons (Fsp3) is 0.833. The number of carbonyl (C=O) groups excluding carboxylic acids is 2. The molecule has 5 rings (SSSR count). The minimum atomic E-state index is -0.383. The van der Waals surface area contributed by atoms with Gasteiger partial charge in [0.25, 0.3) is 0 Å². The minimum absolute atomic E-state index is 0.0190. The first-order valence-electron chi connectivity index (χ1n) is 11.2. The van der Waals surface area contributed by atoms with E-state index >= 15 is 0 Å². The topological polar surface area (TPSA) is 43.4 Å². The number of allylic oxidation sites excluding steroid dienone is 1. The summed E-state index contributed by atoms with van der Waals surface area (Å²) in [6, 6.07) is 0. The molecule has 28 heavy (non-hydrogen) atoms. The van der Waals surface area contributed by atoms with Crippen molar-refractivity contribution in [3.63, 3.8) is 0 Å². The Labute approximate surface area is 173 Å². The van der Waals surface area contributed by atoms with Gasteiger partial charge in [0.2, 0.25) is 0 Å². The fourth-order valence-electron chi connectivity index (χ4n) is 8.31. The van der Waals surface area contributed by atoms with Crippen LogP contribution in [0, 0.1) is 28.6 Å². The summed E-state index contributed by atoms with van der Waals surface area (Å²) in [5, 5.41) is 0. The first-order valence-corrected chi connectivity index (χ1v) is 12.0. The second-order valence-corrected chi connectivity index (χ2v) is 12.9. The average molecular weight is 403 g/mol. The zero-order valence-corrected chi connectivity index (χ0v) is 18.8. The van der Waals surface area contributed by atoms with Gasteiger partial charge in [-0.15, -0.1) is 11.8 Å². The highest BCUT2D eigenvalue weighted by molar-refractivity contribution is 8.02. The summed E-state index contributed by atoms with van der Waals surface area (Å²) in [6.45, 7) is 10.9. The van der Waals surface area contributed by atoms with E-state index in [1.165, 1.54) is 18.4 Å². The van der Waals surface area contributed by atoms with Gasteiger partial charge in [-0.1, -0.05) is 19.4 Å². The molecule has 0 bridgehead atoms. The van der Waals surface area contributed by atoms with E-state index in [9.17, 15) is 9.59 Å². The maximum Gasteiger partial charge on any atom is 0.155 e. The standard InChI is InChI=1S/C24H34O3S/c1-14(25)24-20(27-21(2,3)28-24)13-19-17-7-6-15-12-16(26)8-10-22(15,4)18(17)9-11-23(19,24)5/h12,17-20H,6-11,13H2,1-5H3. The van der Waals surface area contributed by atoms with Crippen molar-refractivity contribution < 1.29 is 14.3 Å². The molecule has 0 aromatic heterocycles. The van der Waals surface area contributed by atoms with E-state index < -0.39 is 0 Å². The highest BCUT2D eigenvalue weighted by atomic mass is 32.2. The lowest BCUT2D eigenvalue weighted by molar-refractivity contribution is -0.128. The van der Waals surface area contributed by atoms with Gasteiger partial charge in [0, 0.05) is 6.42 Å². The first-order chi connectivity index (χ1) is 13.0. The van der Waals surface area contributed by atoms with Crippen LogP contribution in [0.3, 0.4) is 0 Å². The van der Waals surface area contributed by atoms with Crippen LogP contribution < -0.4 is 0 Å². The number of ketones is 2. The van der Waals surface area contributed by atoms with Crippen molar-refractivity contribution in [2.75, 3.05) is 0 Å². The molecule has 7 atom stereocenters. The third kappa shape index (κ3) is 2.23. The maximum atomic E-state index is 13.1. The zero-order valence-electron chi connectivity index (χ0n) is 18.0. The van der Waals surface area contributed by atoms with Gasteiger partial charge in [0.05, 0.1) is 6.10 Å². The Kier molecular flexibility index (Phi) is 3.98. The molecule has 1 saturated heterocycles. The molecule has 0 aromatic carbocycles. The van der Waals surface area contributed by atoms with Crippen molar-refractivity contribution in [2.24, 2.45) is 28.6 Å². The van der Waals surface area contributed by atoms with Crippen LogP contribution in [0.4, 0.5) is 0 Å². The molecule has 0 spiro atoms. The molecule has 4 heteroatoms. The third-order valence-corrected chi connectivity index (χ3v) is 11.4. The molecule has 5 aliphatic rings. The van der Waals surface area contributed by atoms with Crippen LogP contribution in [0.25, 0.3) is 0 Å². The minimum Gasteiger partial charge on any atom is -0.360 e. The van der Waals surface area contributed by atoms with Crippen LogP contribution >= 0.6 is 11.8 Å². The number of Topliss-reactive ketones (excluding diaryl/α,β-unsaturated/α-hetero) is 1. The smallest absolute Gasteiger partial charge is 0.155 e. The normalized spacial score (nSPS) is 51.6. The number of hydrogen-bond donors (Lipinski definition) is 0. The van der Waals surface area contributed by atoms with Crippen molar-refractivity contribution in [2.45, 2.75) is 95.3 Å². The number of ether oxygens (including phenoxy) is 1. The van der Waals surface area contributed by atoms with E-state index in [0.29, 0.717) is 35.7 Å². The van der Waals surface area contributed by atoms with Crippen molar-refractivity contribution in [1.29, 1.82) is 0 Å². The lowest BCUT2D eigenvalue weighted by atomic mass is 9.46. The summed E-state index contributed by atoms with van der Waals surface area (Å²) in [6.07, 6.45) is 9.32. The Balaban J connectivity index is 1.54. The monoisotopic (exact) mass is 402 g/mol. The van der Waals surface area contributed by atoms with Crippen molar-refractivity contribution in [1.82, 2.24) is 0 Å². The summed E-state index contributed by atoms with van der Waals surface area (Å²) >= 11 is 1.81. The van der Waals surface area contributed by atoms with Gasteiger partial charge >= 0.3 is 0 Å². The summed E-state index contributed by atoms with van der Waals surface area (Å²) in [5.74, 6) is 2.51. The molecule has 1 heterocycles. The maximum absolute atomic E-state index is 13.1. The number of rotatable bonds is 1. The highest BCUT2D eigenvalue weighted by Crippen LogP contribution is 2.74. The summed E-state index contributed by atoms with van der Waals surface area (Å²) in [7, 11) is 0. The molecule has 154 valence electrons. The second-order valence-electron chi connectivity index (χ2n) is 11.1. The molecule has 0 aromatic rings. The van der Waals surface area contributed by atoms with Gasteiger partial charge in [-0.3, -0.25) is 9.59 Å². The van der Waals surface area contributed by atoms with Gasteiger partial charge in [0.1, 0.15) is 15.5 Å². The van der Waals surface area contributed by atoms with Gasteiger partial charge in [-0.25, -0.2) is 0 Å². The van der Waals surface area contributed by atoms with Gasteiger partial charge in [0.15, 0.2) is 5.78 Å². The Morgan fingerprint density at radius 1 is 1.11 bits per heavy atom. The molecule has 0 radical (unpaired) electrons. The highest BCUT2D eigenvalue weighted by Gasteiger charge is 2.74. The zero-order chi connectivity index (χ0) is 20.1. The second kappa shape index (κ2) is 5.75. The van der Waals surface area contributed by atoms with Crippen LogP contribution in [0.5, 0.6) is 0 Å². The van der Waals surface area contributed by atoms with E-state index in [4.69, 9.17) is 4.74 Å². The van der Waals surface area contributed by atoms with E-state index in [2.05, 4.69) is 27.7 Å². The quantitative estimate of drug-likeness (QED) is 0.595. The van der Waals surface area contributed by atoms with E-state index in [1.54, 1.807) is 6.92 Å². The molecule has 0 N–H and O–H groups in total. The van der Waals surface area contributed by atoms with Crippen LogP contribution in [-0.2, 0) is 14.3 Å². The SMILES string of the molecule is CC(=O)C12SC(C)(C)OC1CC1C3CCC4=CC(=O)CCC4(C)C3CCC12C. The van der Waals surface area contributed by atoms with Crippen molar-refractivity contribution >= 4 is 23.3 Å². The van der Waals surface area contributed by atoms with E-state index in [1.807, 2.05) is 17.8 Å². The number of carbonyl (C=O) groups is 2. The Morgan fingerprint density at radius 2 is 1.86 bits per heavy atom. The summed E-state index contributed by atoms with van der Waals surface area (Å²) < 4.78 is 6.12. The molecular weight excluding hydrogens is 368 g/mol. The van der Waals surface area contributed by atoms with E-state index in [0.717, 1.165) is 25.7 Å². The molecule has 3 saturated carbocycles. The molecule has 4 aliphatic carbocycles. The van der Waals surface area contributed by atoms with Gasteiger partial charge in [-0.2, -0.15) is 0 Å². The van der Waals surface area contributed by atoms with E-state index in [-0.39, 0.29) is 26.6 Å². The number of hydrogen-bond acceptors (Lipinski definition) is 4. The van der Waals surface area contributed by atoms with Crippen molar-refractivity contribution in [3.8, 4) is 0 Å². The molecule has 4 fully saturated rings. The Hall–Kier alpha value is -0.610. The molecular formula is C24H34O3S. The lowest BCUT2D eigenvalue weighted by Gasteiger charge is -2.59. The molecule has 7 unspecified atom stereocenters. The Morgan fingerprint density at radius 3 is 2.57 bits per heavy atom. The van der Waals surface area contributed by atoms with Crippen LogP contribution in [0.1, 0.15) is 79.6 Å². The van der Waals surface area contributed by atoms with Crippen LogP contribution in [-0.4, -0.2) is 27.4 Å². The molecule has 1 aliphatic heterocycles. The van der Waals surface area contributed by atoms with Crippen LogP contribution in [0.15, 0.2) is 11.6 Å². The van der Waals surface area contributed by atoms with Crippen molar-refractivity contribution in [3.05, 3.63) is 11.6 Å². The average Bonchev–Trinajstić information content (AvgIpc) is 3.02. The number of fused-ring (bicyclic) bond motifs is 7. The molecule has 0 amide bonds. The largest absolute Gasteiger partial charge is 0.360 e. The summed E-state index contributed by atoms with van der Waals surface area (Å²) in [5.41, 5.74) is 1.62.